The van der Waals surface area contributed by atoms with E-state index in [-0.39, 0.29) is 35.9 Å². The Labute approximate surface area is 151 Å². The highest BCUT2D eigenvalue weighted by Crippen LogP contribution is 2.29. The van der Waals surface area contributed by atoms with Gasteiger partial charge in [0.2, 0.25) is 11.8 Å². The number of benzene rings is 1. The van der Waals surface area contributed by atoms with E-state index >= 15 is 0 Å². The third-order valence-electron chi connectivity index (χ3n) is 4.60. The lowest BCUT2D eigenvalue weighted by Crippen LogP contribution is -2.54. The van der Waals surface area contributed by atoms with Crippen LogP contribution in [0.3, 0.4) is 0 Å². The first-order valence-electron chi connectivity index (χ1n) is 8.75. The molecule has 4 amide bonds. The standard InChI is InChI=1S/C18H22N4O4/c1-3-19-10(2)9-20-11-4-5-12-13(8-11)18(26)22(17(12)25)14-6-7-15(23)21-16(14)24/h4-5,8,10,14,19-20H,3,6-7,9H2,1-2H3,(H,21,23,24)/t10-,14?/m0/s1. The van der Waals surface area contributed by atoms with E-state index in [0.29, 0.717) is 6.54 Å². The Morgan fingerprint density at radius 1 is 1.19 bits per heavy atom. The van der Waals surface area contributed by atoms with Gasteiger partial charge < -0.3 is 10.6 Å². The van der Waals surface area contributed by atoms with Gasteiger partial charge in [-0.15, -0.1) is 0 Å². The van der Waals surface area contributed by atoms with Crippen molar-refractivity contribution in [1.82, 2.24) is 15.5 Å². The Hall–Kier alpha value is -2.74. The molecule has 2 aliphatic rings. The van der Waals surface area contributed by atoms with E-state index in [9.17, 15) is 19.2 Å². The van der Waals surface area contributed by atoms with Gasteiger partial charge in [0, 0.05) is 24.7 Å². The molecule has 1 aromatic rings. The van der Waals surface area contributed by atoms with Crippen LogP contribution in [0.4, 0.5) is 5.69 Å². The second-order valence-corrected chi connectivity index (χ2v) is 6.55. The van der Waals surface area contributed by atoms with Gasteiger partial charge in [-0.25, -0.2) is 0 Å². The van der Waals surface area contributed by atoms with E-state index in [0.717, 1.165) is 17.1 Å². The highest BCUT2D eigenvalue weighted by molar-refractivity contribution is 6.23. The maximum absolute atomic E-state index is 12.7. The molecule has 0 spiro atoms. The maximum atomic E-state index is 12.7. The summed E-state index contributed by atoms with van der Waals surface area (Å²) >= 11 is 0. The summed E-state index contributed by atoms with van der Waals surface area (Å²) in [5, 5.41) is 8.70. The minimum Gasteiger partial charge on any atom is -0.383 e. The Morgan fingerprint density at radius 3 is 2.62 bits per heavy atom. The summed E-state index contributed by atoms with van der Waals surface area (Å²) < 4.78 is 0. The Kier molecular flexibility index (Phi) is 5.03. The zero-order valence-electron chi connectivity index (χ0n) is 14.8. The van der Waals surface area contributed by atoms with Gasteiger partial charge in [-0.3, -0.25) is 29.4 Å². The molecule has 1 saturated heterocycles. The fourth-order valence-electron chi connectivity index (χ4n) is 3.27. The van der Waals surface area contributed by atoms with Gasteiger partial charge in [-0.05, 0) is 38.1 Å². The van der Waals surface area contributed by atoms with Crippen LogP contribution in [0.1, 0.15) is 47.4 Å². The molecule has 2 atom stereocenters. The molecule has 2 heterocycles. The minimum atomic E-state index is -0.940. The van der Waals surface area contributed by atoms with Gasteiger partial charge in [0.25, 0.3) is 11.8 Å². The first-order valence-corrected chi connectivity index (χ1v) is 8.75. The normalized spacial score (nSPS) is 20.8. The second-order valence-electron chi connectivity index (χ2n) is 6.55. The lowest BCUT2D eigenvalue weighted by Gasteiger charge is -2.27. The average molecular weight is 358 g/mol. The van der Waals surface area contributed by atoms with Crippen molar-refractivity contribution in [2.75, 3.05) is 18.4 Å². The topological polar surface area (TPSA) is 108 Å². The van der Waals surface area contributed by atoms with Crippen molar-refractivity contribution >= 4 is 29.3 Å². The van der Waals surface area contributed by atoms with E-state index in [1.807, 2.05) is 13.8 Å². The Balaban J connectivity index is 1.77. The fourth-order valence-corrected chi connectivity index (χ4v) is 3.27. The number of hydrogen-bond acceptors (Lipinski definition) is 6. The third kappa shape index (κ3) is 3.32. The molecule has 0 saturated carbocycles. The largest absolute Gasteiger partial charge is 0.383 e. The van der Waals surface area contributed by atoms with E-state index in [2.05, 4.69) is 16.0 Å². The number of hydrogen-bond donors (Lipinski definition) is 3. The van der Waals surface area contributed by atoms with E-state index < -0.39 is 23.8 Å². The number of amides is 4. The first kappa shape index (κ1) is 18.1. The van der Waals surface area contributed by atoms with Crippen molar-refractivity contribution < 1.29 is 19.2 Å². The van der Waals surface area contributed by atoms with Crippen LogP contribution in [0.2, 0.25) is 0 Å². The molecule has 3 N–H and O–H groups in total. The quantitative estimate of drug-likeness (QED) is 0.639. The van der Waals surface area contributed by atoms with Crippen LogP contribution in [0.25, 0.3) is 0 Å². The summed E-state index contributed by atoms with van der Waals surface area (Å²) in [7, 11) is 0. The molecule has 3 rings (SSSR count). The highest BCUT2D eigenvalue weighted by Gasteiger charge is 2.44. The molecule has 0 radical (unpaired) electrons. The van der Waals surface area contributed by atoms with Crippen molar-refractivity contribution in [1.29, 1.82) is 0 Å². The predicted molar refractivity (Wildman–Crippen MR) is 94.7 cm³/mol. The van der Waals surface area contributed by atoms with Crippen LogP contribution < -0.4 is 16.0 Å². The van der Waals surface area contributed by atoms with Gasteiger partial charge in [-0.2, -0.15) is 0 Å². The number of nitrogens with one attached hydrogen (secondary N) is 3. The van der Waals surface area contributed by atoms with Crippen LogP contribution in [-0.2, 0) is 9.59 Å². The van der Waals surface area contributed by atoms with Gasteiger partial charge >= 0.3 is 0 Å². The van der Waals surface area contributed by atoms with Crippen molar-refractivity contribution in [3.8, 4) is 0 Å². The van der Waals surface area contributed by atoms with Crippen molar-refractivity contribution in [3.63, 3.8) is 0 Å². The molecule has 2 aliphatic heterocycles. The summed E-state index contributed by atoms with van der Waals surface area (Å²) in [5.41, 5.74) is 1.30. The summed E-state index contributed by atoms with van der Waals surface area (Å²) in [6.07, 6.45) is 0.264. The number of fused-ring (bicyclic) bond motifs is 1. The predicted octanol–water partition coefficient (Wildman–Crippen LogP) is 0.498. The molecule has 1 fully saturated rings. The minimum absolute atomic E-state index is 0.110. The highest BCUT2D eigenvalue weighted by atomic mass is 16.2. The zero-order chi connectivity index (χ0) is 18.8. The van der Waals surface area contributed by atoms with Crippen molar-refractivity contribution in [3.05, 3.63) is 29.3 Å². The Morgan fingerprint density at radius 2 is 1.92 bits per heavy atom. The molecule has 1 aromatic carbocycles. The number of imide groups is 2. The number of likely N-dealkylation sites (N-methyl/N-ethyl adjacent to an activating group) is 1. The van der Waals surface area contributed by atoms with Gasteiger partial charge in [0.15, 0.2) is 0 Å². The average Bonchev–Trinajstić information content (AvgIpc) is 2.85. The molecule has 0 aliphatic carbocycles. The molecule has 26 heavy (non-hydrogen) atoms. The van der Waals surface area contributed by atoms with Crippen LogP contribution in [0.5, 0.6) is 0 Å². The molecule has 8 nitrogen and oxygen atoms in total. The molecular weight excluding hydrogens is 336 g/mol. The molecule has 0 bridgehead atoms. The number of piperidine rings is 1. The number of anilines is 1. The lowest BCUT2D eigenvalue weighted by atomic mass is 10.0. The zero-order valence-corrected chi connectivity index (χ0v) is 14.8. The molecule has 1 unspecified atom stereocenters. The fraction of sp³-hybridized carbons (Fsp3) is 0.444. The monoisotopic (exact) mass is 358 g/mol. The number of rotatable bonds is 6. The maximum Gasteiger partial charge on any atom is 0.262 e. The van der Waals surface area contributed by atoms with Gasteiger partial charge in [0.05, 0.1) is 11.1 Å². The number of nitrogens with zero attached hydrogens (tertiary/aromatic N) is 1. The van der Waals surface area contributed by atoms with Gasteiger partial charge in [0.1, 0.15) is 6.04 Å². The summed E-state index contributed by atoms with van der Waals surface area (Å²) in [6.45, 7) is 5.61. The first-order chi connectivity index (χ1) is 12.4. The number of carbonyl (C=O) groups is 4. The smallest absolute Gasteiger partial charge is 0.262 e. The third-order valence-corrected chi connectivity index (χ3v) is 4.60. The van der Waals surface area contributed by atoms with E-state index in [4.69, 9.17) is 0 Å². The van der Waals surface area contributed by atoms with E-state index in [1.165, 1.54) is 0 Å². The summed E-state index contributed by atoms with van der Waals surface area (Å²) in [6, 6.07) is 4.30. The summed E-state index contributed by atoms with van der Waals surface area (Å²) in [4.78, 5) is 49.6. The van der Waals surface area contributed by atoms with Crippen molar-refractivity contribution in [2.45, 2.75) is 38.8 Å². The van der Waals surface area contributed by atoms with Crippen LogP contribution in [-0.4, -0.2) is 53.7 Å². The van der Waals surface area contributed by atoms with Crippen LogP contribution in [0, 0.1) is 0 Å². The van der Waals surface area contributed by atoms with E-state index in [1.54, 1.807) is 18.2 Å². The van der Waals surface area contributed by atoms with Crippen LogP contribution in [0.15, 0.2) is 18.2 Å². The molecular formula is C18H22N4O4. The second kappa shape index (κ2) is 7.25. The SMILES string of the molecule is CCN[C@@H](C)CNc1ccc2c(c1)C(=O)N(C1CCC(=O)NC1=O)C2=O. The Bertz CT molecular complexity index is 776. The lowest BCUT2D eigenvalue weighted by molar-refractivity contribution is -0.136. The molecule has 138 valence electrons. The van der Waals surface area contributed by atoms with Crippen LogP contribution >= 0.6 is 0 Å². The molecule has 0 aromatic heterocycles. The van der Waals surface area contributed by atoms with Crippen molar-refractivity contribution in [2.24, 2.45) is 0 Å². The number of carbonyl (C=O) groups excluding carboxylic acids is 4. The van der Waals surface area contributed by atoms with Gasteiger partial charge in [-0.1, -0.05) is 6.92 Å². The molecule has 8 heteroatoms. The summed E-state index contributed by atoms with van der Waals surface area (Å²) in [5.74, 6) is -1.98.